The van der Waals surface area contributed by atoms with E-state index in [1.54, 1.807) is 6.21 Å². The van der Waals surface area contributed by atoms with Crippen LogP contribution in [0.5, 0.6) is 0 Å². The van der Waals surface area contributed by atoms with Crippen LogP contribution in [0.2, 0.25) is 0 Å². The molecule has 31 heavy (non-hydrogen) atoms. The van der Waals surface area contributed by atoms with Gasteiger partial charge in [0.05, 0.1) is 19.8 Å². The van der Waals surface area contributed by atoms with E-state index in [-0.39, 0.29) is 12.2 Å². The van der Waals surface area contributed by atoms with Gasteiger partial charge in [0.2, 0.25) is 12.8 Å². The predicted octanol–water partition coefficient (Wildman–Crippen LogP) is 4.23. The van der Waals surface area contributed by atoms with Gasteiger partial charge in [-0.3, -0.25) is 5.21 Å². The van der Waals surface area contributed by atoms with E-state index in [1.807, 2.05) is 91.0 Å². The van der Waals surface area contributed by atoms with Crippen molar-refractivity contribution in [3.8, 4) is 0 Å². The topological polar surface area (TPSA) is 50.9 Å². The molecule has 0 amide bonds. The van der Waals surface area contributed by atoms with Gasteiger partial charge in [-0.15, -0.1) is 0 Å². The van der Waals surface area contributed by atoms with Gasteiger partial charge in [0.25, 0.3) is 0 Å². The summed E-state index contributed by atoms with van der Waals surface area (Å²) in [5, 5.41) is 10.3. The van der Waals surface area contributed by atoms with E-state index in [9.17, 15) is 5.21 Å². The molecule has 0 fully saturated rings. The highest BCUT2D eigenvalue weighted by Crippen LogP contribution is 2.20. The summed E-state index contributed by atoms with van der Waals surface area (Å²) < 4.78 is 19.8. The van der Waals surface area contributed by atoms with Crippen molar-refractivity contribution < 1.29 is 24.2 Å². The molecule has 0 saturated carbocycles. The fraction of sp³-hybridized carbons (Fsp3) is 0.269. The number of hydrogen-bond donors (Lipinski definition) is 1. The monoisotopic (exact) mass is 418 g/mol. The number of benzene rings is 3. The van der Waals surface area contributed by atoms with Crippen LogP contribution in [0.1, 0.15) is 16.7 Å². The highest BCUT2D eigenvalue weighted by atomic mass is 16.6. The van der Waals surface area contributed by atoms with Crippen LogP contribution in [0.15, 0.2) is 91.0 Å². The SMILES string of the molecule is O[N+]1=C[C@H](OCc2ccccc2)[C@H](OCc2ccccc2)[C@H](OCc2ccccc2)C1. The van der Waals surface area contributed by atoms with Crippen LogP contribution >= 0.6 is 0 Å². The summed E-state index contributed by atoms with van der Waals surface area (Å²) in [5.74, 6) is 0. The fourth-order valence-electron chi connectivity index (χ4n) is 3.61. The zero-order valence-electron chi connectivity index (χ0n) is 17.4. The van der Waals surface area contributed by atoms with Crippen LogP contribution in [-0.4, -0.2) is 41.0 Å². The molecule has 0 bridgehead atoms. The quantitative estimate of drug-likeness (QED) is 0.417. The largest absolute Gasteiger partial charge is 0.367 e. The Kier molecular flexibility index (Phi) is 7.45. The summed E-state index contributed by atoms with van der Waals surface area (Å²) in [6.07, 6.45) is 0.528. The molecule has 1 heterocycles. The standard InChI is InChI=1S/C26H28NO4/c28-27-16-24(29-18-21-10-4-1-5-11-21)26(31-20-23-14-8-3-9-15-23)25(17-27)30-19-22-12-6-2-7-13-22/h1-16,24-26,28H,17-20H2/q+1/t24-,25+,26-/m0/s1. The number of rotatable bonds is 9. The van der Waals surface area contributed by atoms with Crippen molar-refractivity contribution in [3.05, 3.63) is 108 Å². The average molecular weight is 419 g/mol. The van der Waals surface area contributed by atoms with E-state index < -0.39 is 6.10 Å². The zero-order valence-corrected chi connectivity index (χ0v) is 17.4. The first-order chi connectivity index (χ1) is 15.3. The zero-order chi connectivity index (χ0) is 21.3. The molecule has 0 saturated heterocycles. The summed E-state index contributed by atoms with van der Waals surface area (Å²) in [7, 11) is 0. The van der Waals surface area contributed by atoms with Gasteiger partial charge in [-0.05, 0) is 21.4 Å². The minimum absolute atomic E-state index is 0.317. The molecule has 1 aliphatic rings. The Morgan fingerprint density at radius 3 is 1.61 bits per heavy atom. The molecule has 3 atom stereocenters. The predicted molar refractivity (Wildman–Crippen MR) is 118 cm³/mol. The maximum atomic E-state index is 10.3. The van der Waals surface area contributed by atoms with Gasteiger partial charge in [-0.2, -0.15) is 0 Å². The molecule has 0 unspecified atom stereocenters. The van der Waals surface area contributed by atoms with Gasteiger partial charge in [0.15, 0.2) is 12.2 Å². The van der Waals surface area contributed by atoms with E-state index in [0.29, 0.717) is 26.4 Å². The highest BCUT2D eigenvalue weighted by Gasteiger charge is 2.41. The normalized spacial score (nSPS) is 20.9. The lowest BCUT2D eigenvalue weighted by molar-refractivity contribution is -0.780. The van der Waals surface area contributed by atoms with Gasteiger partial charge >= 0.3 is 0 Å². The van der Waals surface area contributed by atoms with Crippen molar-refractivity contribution in [1.29, 1.82) is 0 Å². The molecule has 3 aromatic rings. The Labute approximate surface area is 183 Å². The maximum Gasteiger partial charge on any atom is 0.224 e. The third-order valence-corrected chi connectivity index (χ3v) is 5.25. The lowest BCUT2D eigenvalue weighted by atomic mass is 10.0. The van der Waals surface area contributed by atoms with Crippen LogP contribution in [0.25, 0.3) is 0 Å². The Hall–Kier alpha value is -2.99. The van der Waals surface area contributed by atoms with Crippen molar-refractivity contribution in [1.82, 2.24) is 0 Å². The van der Waals surface area contributed by atoms with Gasteiger partial charge in [0, 0.05) is 0 Å². The summed E-state index contributed by atoms with van der Waals surface area (Å²) in [5.41, 5.74) is 3.22. The van der Waals surface area contributed by atoms with Crippen LogP contribution < -0.4 is 0 Å². The number of hydrogen-bond acceptors (Lipinski definition) is 4. The molecule has 5 heteroatoms. The second-order valence-corrected chi connectivity index (χ2v) is 7.63. The van der Waals surface area contributed by atoms with Gasteiger partial charge in [0.1, 0.15) is 6.10 Å². The van der Waals surface area contributed by atoms with Crippen LogP contribution in [-0.2, 0) is 34.0 Å². The van der Waals surface area contributed by atoms with Crippen LogP contribution in [0, 0.1) is 0 Å². The molecule has 0 radical (unpaired) electrons. The first kappa shape index (κ1) is 21.2. The molecule has 0 aromatic heterocycles. The lowest BCUT2D eigenvalue weighted by Crippen LogP contribution is -2.52. The maximum absolute atomic E-state index is 10.3. The van der Waals surface area contributed by atoms with Gasteiger partial charge in [-0.1, -0.05) is 91.0 Å². The summed E-state index contributed by atoms with van der Waals surface area (Å²) in [6.45, 7) is 1.63. The lowest BCUT2D eigenvalue weighted by Gasteiger charge is -2.31. The van der Waals surface area contributed by atoms with E-state index in [2.05, 4.69) is 0 Å². The molecule has 0 spiro atoms. The fourth-order valence-corrected chi connectivity index (χ4v) is 3.61. The van der Waals surface area contributed by atoms with Crippen molar-refractivity contribution in [2.24, 2.45) is 0 Å². The van der Waals surface area contributed by atoms with Crippen LogP contribution in [0.4, 0.5) is 0 Å². The number of ether oxygens (including phenoxy) is 3. The summed E-state index contributed by atoms with van der Waals surface area (Å²) in [4.78, 5) is 0. The minimum Gasteiger partial charge on any atom is -0.367 e. The van der Waals surface area contributed by atoms with Crippen molar-refractivity contribution >= 4 is 6.21 Å². The number of hydroxylamine groups is 1. The first-order valence-electron chi connectivity index (χ1n) is 10.5. The smallest absolute Gasteiger partial charge is 0.224 e. The highest BCUT2D eigenvalue weighted by molar-refractivity contribution is 5.59. The molecule has 5 nitrogen and oxygen atoms in total. The molecule has 3 aromatic carbocycles. The molecular weight excluding hydrogens is 390 g/mol. The molecular formula is C26H28NO4+. The second-order valence-electron chi connectivity index (χ2n) is 7.63. The molecule has 1 aliphatic heterocycles. The third kappa shape index (κ3) is 6.25. The van der Waals surface area contributed by atoms with Crippen molar-refractivity contribution in [2.75, 3.05) is 6.54 Å². The molecule has 0 aliphatic carbocycles. The first-order valence-corrected chi connectivity index (χ1v) is 10.5. The second kappa shape index (κ2) is 10.9. The van der Waals surface area contributed by atoms with Crippen molar-refractivity contribution in [2.45, 2.75) is 38.1 Å². The molecule has 1 N–H and O–H groups in total. The van der Waals surface area contributed by atoms with Crippen LogP contribution in [0.3, 0.4) is 0 Å². The Morgan fingerprint density at radius 1 is 0.645 bits per heavy atom. The van der Waals surface area contributed by atoms with E-state index in [4.69, 9.17) is 14.2 Å². The van der Waals surface area contributed by atoms with Gasteiger partial charge in [-0.25, -0.2) is 0 Å². The summed E-state index contributed by atoms with van der Waals surface area (Å²) in [6, 6.07) is 30.0. The minimum atomic E-state index is -0.441. The van der Waals surface area contributed by atoms with E-state index >= 15 is 0 Å². The van der Waals surface area contributed by atoms with E-state index in [0.717, 1.165) is 21.4 Å². The Bertz CT molecular complexity index is 947. The Balaban J connectivity index is 1.47. The van der Waals surface area contributed by atoms with Crippen molar-refractivity contribution in [3.63, 3.8) is 0 Å². The third-order valence-electron chi connectivity index (χ3n) is 5.25. The van der Waals surface area contributed by atoms with E-state index in [1.165, 1.54) is 0 Å². The Morgan fingerprint density at radius 2 is 1.10 bits per heavy atom. The molecule has 4 rings (SSSR count). The molecule has 160 valence electrons. The van der Waals surface area contributed by atoms with Gasteiger partial charge < -0.3 is 14.2 Å². The number of nitrogens with zero attached hydrogens (tertiary/aromatic N) is 1. The average Bonchev–Trinajstić information content (AvgIpc) is 2.82. The summed E-state index contributed by atoms with van der Waals surface area (Å²) >= 11 is 0.